The smallest absolute Gasteiger partial charge is 0.130 e. The van der Waals surface area contributed by atoms with Gasteiger partial charge in [0, 0.05) is 7.05 Å². The molecule has 2 N–H and O–H groups in total. The summed E-state index contributed by atoms with van der Waals surface area (Å²) in [5, 5.41) is 4.31. The highest BCUT2D eigenvalue weighted by Gasteiger charge is 2.08. The number of hydrogen-bond acceptors (Lipinski definition) is 4. The second-order valence-electron chi connectivity index (χ2n) is 4.70. The highest BCUT2D eigenvalue weighted by atomic mass is 16.5. The van der Waals surface area contributed by atoms with Crippen LogP contribution < -0.4 is 15.2 Å². The molecular weight excluding hydrogens is 254 g/mol. The maximum absolute atomic E-state index is 5.90. The minimum Gasteiger partial charge on any atom is -0.497 e. The van der Waals surface area contributed by atoms with Crippen LogP contribution in [0.25, 0.3) is 0 Å². The summed E-state index contributed by atoms with van der Waals surface area (Å²) in [6, 6.07) is 7.81. The van der Waals surface area contributed by atoms with Gasteiger partial charge < -0.3 is 15.2 Å². The Morgan fingerprint density at radius 2 is 2.10 bits per heavy atom. The van der Waals surface area contributed by atoms with Gasteiger partial charge in [0.25, 0.3) is 0 Å². The molecule has 0 spiro atoms. The number of aryl methyl sites for hydroxylation is 2. The van der Waals surface area contributed by atoms with E-state index >= 15 is 0 Å². The minimum atomic E-state index is 0.487. The lowest BCUT2D eigenvalue weighted by Crippen LogP contribution is -2.07. The molecule has 0 unspecified atom stereocenters. The fourth-order valence-electron chi connectivity index (χ4n) is 2.13. The normalized spacial score (nSPS) is 10.6. The zero-order valence-electron chi connectivity index (χ0n) is 12.2. The van der Waals surface area contributed by atoms with E-state index in [1.54, 1.807) is 7.11 Å². The molecule has 1 aromatic heterocycles. The summed E-state index contributed by atoms with van der Waals surface area (Å²) in [6.45, 7) is 3.03. The summed E-state index contributed by atoms with van der Waals surface area (Å²) in [5.41, 5.74) is 8.73. The predicted molar refractivity (Wildman–Crippen MR) is 78.0 cm³/mol. The molecule has 108 valence electrons. The molecule has 0 saturated carbocycles. The van der Waals surface area contributed by atoms with Crippen LogP contribution in [-0.2, 0) is 20.1 Å². The van der Waals surface area contributed by atoms with Gasteiger partial charge in [-0.25, -0.2) is 0 Å². The van der Waals surface area contributed by atoms with Crippen molar-refractivity contribution in [2.45, 2.75) is 20.0 Å². The molecule has 1 heterocycles. The van der Waals surface area contributed by atoms with Gasteiger partial charge in [-0.2, -0.15) is 5.10 Å². The SMILES string of the molecule is COc1ccc(OCc2cc(C)nn2C)c(CCN)c1. The van der Waals surface area contributed by atoms with Crippen LogP contribution in [0.3, 0.4) is 0 Å². The van der Waals surface area contributed by atoms with Crippen molar-refractivity contribution in [1.29, 1.82) is 0 Å². The third kappa shape index (κ3) is 3.30. The van der Waals surface area contributed by atoms with Crippen molar-refractivity contribution < 1.29 is 9.47 Å². The van der Waals surface area contributed by atoms with Gasteiger partial charge >= 0.3 is 0 Å². The largest absolute Gasteiger partial charge is 0.497 e. The zero-order chi connectivity index (χ0) is 14.5. The van der Waals surface area contributed by atoms with E-state index < -0.39 is 0 Å². The van der Waals surface area contributed by atoms with Crippen LogP contribution >= 0.6 is 0 Å². The summed E-state index contributed by atoms with van der Waals surface area (Å²) in [4.78, 5) is 0. The van der Waals surface area contributed by atoms with Crippen molar-refractivity contribution >= 4 is 0 Å². The monoisotopic (exact) mass is 275 g/mol. The molecule has 0 fully saturated rings. The van der Waals surface area contributed by atoms with E-state index in [2.05, 4.69) is 5.10 Å². The third-order valence-corrected chi connectivity index (χ3v) is 3.16. The average molecular weight is 275 g/mol. The number of ether oxygens (including phenoxy) is 2. The first-order valence-corrected chi connectivity index (χ1v) is 6.63. The Morgan fingerprint density at radius 1 is 1.30 bits per heavy atom. The molecular formula is C15H21N3O2. The van der Waals surface area contributed by atoms with Gasteiger partial charge in [-0.15, -0.1) is 0 Å². The van der Waals surface area contributed by atoms with E-state index in [0.717, 1.165) is 34.9 Å². The number of methoxy groups -OCH3 is 1. The van der Waals surface area contributed by atoms with Crippen LogP contribution in [0.2, 0.25) is 0 Å². The lowest BCUT2D eigenvalue weighted by Gasteiger charge is -2.12. The Labute approximate surface area is 119 Å². The van der Waals surface area contributed by atoms with Gasteiger partial charge in [0.2, 0.25) is 0 Å². The molecule has 5 nitrogen and oxygen atoms in total. The molecule has 20 heavy (non-hydrogen) atoms. The predicted octanol–water partition coefficient (Wildman–Crippen LogP) is 1.82. The van der Waals surface area contributed by atoms with E-state index in [4.69, 9.17) is 15.2 Å². The van der Waals surface area contributed by atoms with E-state index in [0.29, 0.717) is 13.2 Å². The van der Waals surface area contributed by atoms with Crippen LogP contribution in [0.4, 0.5) is 0 Å². The lowest BCUT2D eigenvalue weighted by atomic mass is 10.1. The van der Waals surface area contributed by atoms with Gasteiger partial charge in [0.1, 0.15) is 18.1 Å². The fraction of sp³-hybridized carbons (Fsp3) is 0.400. The first kappa shape index (κ1) is 14.4. The van der Waals surface area contributed by atoms with Gasteiger partial charge in [0.15, 0.2) is 0 Å². The fourth-order valence-corrected chi connectivity index (χ4v) is 2.13. The zero-order valence-corrected chi connectivity index (χ0v) is 12.2. The van der Waals surface area contributed by atoms with Gasteiger partial charge in [-0.1, -0.05) is 0 Å². The van der Waals surface area contributed by atoms with Gasteiger partial charge in [0.05, 0.1) is 18.5 Å². The van der Waals surface area contributed by atoms with Crippen molar-refractivity contribution in [3.8, 4) is 11.5 Å². The second-order valence-corrected chi connectivity index (χ2v) is 4.70. The molecule has 1 aromatic carbocycles. The molecule has 0 bridgehead atoms. The van der Waals surface area contributed by atoms with Crippen LogP contribution in [0.1, 0.15) is 17.0 Å². The second kappa shape index (κ2) is 6.43. The molecule has 0 aliphatic rings. The number of nitrogens with zero attached hydrogens (tertiary/aromatic N) is 2. The first-order chi connectivity index (χ1) is 9.63. The van der Waals surface area contributed by atoms with Crippen molar-refractivity contribution in [1.82, 2.24) is 9.78 Å². The van der Waals surface area contributed by atoms with Crippen LogP contribution in [0.15, 0.2) is 24.3 Å². The molecule has 0 amide bonds. The number of nitrogens with two attached hydrogens (primary N) is 1. The third-order valence-electron chi connectivity index (χ3n) is 3.16. The Hall–Kier alpha value is -2.01. The highest BCUT2D eigenvalue weighted by molar-refractivity contribution is 5.40. The number of benzene rings is 1. The van der Waals surface area contributed by atoms with Crippen molar-refractivity contribution in [2.75, 3.05) is 13.7 Å². The summed E-state index contributed by atoms with van der Waals surface area (Å²) in [7, 11) is 3.57. The maximum atomic E-state index is 5.90. The van der Waals surface area contributed by atoms with Crippen molar-refractivity contribution in [3.63, 3.8) is 0 Å². The molecule has 2 aromatic rings. The molecule has 0 atom stereocenters. The molecule has 0 radical (unpaired) electrons. The van der Waals surface area contributed by atoms with E-state index in [-0.39, 0.29) is 0 Å². The molecule has 0 aliphatic carbocycles. The van der Waals surface area contributed by atoms with Crippen LogP contribution in [-0.4, -0.2) is 23.4 Å². The first-order valence-electron chi connectivity index (χ1n) is 6.63. The quantitative estimate of drug-likeness (QED) is 0.873. The lowest BCUT2D eigenvalue weighted by molar-refractivity contribution is 0.291. The minimum absolute atomic E-state index is 0.487. The summed E-state index contributed by atoms with van der Waals surface area (Å²) < 4.78 is 13.0. The van der Waals surface area contributed by atoms with E-state index in [1.807, 2.05) is 42.9 Å². The highest BCUT2D eigenvalue weighted by Crippen LogP contribution is 2.25. The number of rotatable bonds is 6. The summed E-state index contributed by atoms with van der Waals surface area (Å²) >= 11 is 0. The number of aromatic nitrogens is 2. The molecule has 0 saturated heterocycles. The molecule has 5 heteroatoms. The Balaban J connectivity index is 2.14. The standard InChI is InChI=1S/C15H21N3O2/c1-11-8-13(18(2)17-11)10-20-15-5-4-14(19-3)9-12(15)6-7-16/h4-5,8-9H,6-7,10,16H2,1-3H3. The van der Waals surface area contributed by atoms with Crippen LogP contribution in [0, 0.1) is 6.92 Å². The Kier molecular flexibility index (Phi) is 4.63. The number of hydrogen-bond donors (Lipinski definition) is 1. The Morgan fingerprint density at radius 3 is 2.70 bits per heavy atom. The Bertz CT molecular complexity index is 578. The van der Waals surface area contributed by atoms with E-state index in [1.165, 1.54) is 0 Å². The topological polar surface area (TPSA) is 62.3 Å². The van der Waals surface area contributed by atoms with Gasteiger partial charge in [-0.05, 0) is 49.7 Å². The van der Waals surface area contributed by atoms with Crippen LogP contribution in [0.5, 0.6) is 11.5 Å². The summed E-state index contributed by atoms with van der Waals surface area (Å²) in [5.74, 6) is 1.66. The van der Waals surface area contributed by atoms with Crippen molar-refractivity contribution in [3.05, 3.63) is 41.2 Å². The van der Waals surface area contributed by atoms with Crippen molar-refractivity contribution in [2.24, 2.45) is 12.8 Å². The maximum Gasteiger partial charge on any atom is 0.130 e. The molecule has 0 aliphatic heterocycles. The van der Waals surface area contributed by atoms with Gasteiger partial charge in [-0.3, -0.25) is 4.68 Å². The molecule has 2 rings (SSSR count). The average Bonchev–Trinajstić information content (AvgIpc) is 2.76. The van der Waals surface area contributed by atoms with E-state index in [9.17, 15) is 0 Å². The summed E-state index contributed by atoms with van der Waals surface area (Å²) in [6.07, 6.45) is 0.761.